The molecule has 17 heavy (non-hydrogen) atoms. The molecule has 0 aromatic heterocycles. The average Bonchev–Trinajstić information content (AvgIpc) is 2.31. The van der Waals surface area contributed by atoms with Crippen molar-refractivity contribution in [3.8, 4) is 5.75 Å². The van der Waals surface area contributed by atoms with Crippen molar-refractivity contribution < 1.29 is 5.11 Å². The van der Waals surface area contributed by atoms with Gasteiger partial charge in [-0.05, 0) is 31.2 Å². The Hall–Kier alpha value is -1.67. The van der Waals surface area contributed by atoms with Gasteiger partial charge in [0, 0.05) is 22.8 Å². The molecule has 2 rings (SSSR count). The molecule has 0 fully saturated rings. The molecule has 0 bridgehead atoms. The Morgan fingerprint density at radius 1 is 1.12 bits per heavy atom. The molecule has 0 heterocycles. The molecule has 0 atom stereocenters. The Labute approximate surface area is 106 Å². The largest absolute Gasteiger partial charge is 0.508 e. The van der Waals surface area contributed by atoms with Crippen molar-refractivity contribution in [2.24, 2.45) is 0 Å². The number of rotatable bonds is 3. The van der Waals surface area contributed by atoms with Crippen molar-refractivity contribution in [3.05, 3.63) is 58.6 Å². The normalized spacial score (nSPS) is 10.2. The van der Waals surface area contributed by atoms with E-state index in [1.165, 1.54) is 5.56 Å². The highest BCUT2D eigenvalue weighted by atomic mass is 35.5. The summed E-state index contributed by atoms with van der Waals surface area (Å²) >= 11 is 6.02. The minimum Gasteiger partial charge on any atom is -0.508 e. The number of hydrogen-bond acceptors (Lipinski definition) is 2. The first kappa shape index (κ1) is 11.8. The maximum atomic E-state index is 9.69. The maximum absolute atomic E-state index is 9.69. The van der Waals surface area contributed by atoms with Crippen molar-refractivity contribution in [1.29, 1.82) is 0 Å². The lowest BCUT2D eigenvalue weighted by Crippen LogP contribution is -2.00. The SMILES string of the molecule is Cc1ccc(NCc2c(O)cccc2Cl)cc1. The summed E-state index contributed by atoms with van der Waals surface area (Å²) in [5.74, 6) is 0.220. The number of halogens is 1. The van der Waals surface area contributed by atoms with Gasteiger partial charge in [0.15, 0.2) is 0 Å². The van der Waals surface area contributed by atoms with E-state index >= 15 is 0 Å². The van der Waals surface area contributed by atoms with E-state index in [0.717, 1.165) is 11.3 Å². The summed E-state index contributed by atoms with van der Waals surface area (Å²) in [4.78, 5) is 0. The number of aryl methyl sites for hydroxylation is 1. The molecule has 2 aromatic carbocycles. The second kappa shape index (κ2) is 5.11. The topological polar surface area (TPSA) is 32.3 Å². The summed E-state index contributed by atoms with van der Waals surface area (Å²) < 4.78 is 0. The van der Waals surface area contributed by atoms with Gasteiger partial charge in [0.25, 0.3) is 0 Å². The van der Waals surface area contributed by atoms with Crippen LogP contribution >= 0.6 is 11.6 Å². The van der Waals surface area contributed by atoms with E-state index in [0.29, 0.717) is 11.6 Å². The molecule has 0 aliphatic heterocycles. The van der Waals surface area contributed by atoms with Crippen LogP contribution in [0.15, 0.2) is 42.5 Å². The third kappa shape index (κ3) is 2.92. The Morgan fingerprint density at radius 3 is 2.47 bits per heavy atom. The molecule has 88 valence electrons. The fraction of sp³-hybridized carbons (Fsp3) is 0.143. The molecule has 0 saturated carbocycles. The molecule has 0 amide bonds. The zero-order valence-electron chi connectivity index (χ0n) is 9.57. The van der Waals surface area contributed by atoms with Crippen LogP contribution in [0, 0.1) is 6.92 Å². The van der Waals surface area contributed by atoms with Gasteiger partial charge in [-0.15, -0.1) is 0 Å². The number of phenols is 1. The zero-order chi connectivity index (χ0) is 12.3. The van der Waals surface area contributed by atoms with Gasteiger partial charge >= 0.3 is 0 Å². The fourth-order valence-electron chi connectivity index (χ4n) is 1.58. The van der Waals surface area contributed by atoms with Crippen LogP contribution in [0.25, 0.3) is 0 Å². The second-order valence-corrected chi connectivity index (χ2v) is 4.36. The van der Waals surface area contributed by atoms with E-state index < -0.39 is 0 Å². The van der Waals surface area contributed by atoms with Crippen LogP contribution in [-0.4, -0.2) is 5.11 Å². The average molecular weight is 248 g/mol. The van der Waals surface area contributed by atoms with E-state index in [4.69, 9.17) is 11.6 Å². The van der Waals surface area contributed by atoms with Gasteiger partial charge in [-0.2, -0.15) is 0 Å². The predicted molar refractivity (Wildman–Crippen MR) is 71.6 cm³/mol. The monoisotopic (exact) mass is 247 g/mol. The number of benzene rings is 2. The number of phenolic OH excluding ortho intramolecular Hbond substituents is 1. The van der Waals surface area contributed by atoms with Crippen molar-refractivity contribution in [2.45, 2.75) is 13.5 Å². The highest BCUT2D eigenvalue weighted by molar-refractivity contribution is 6.31. The summed E-state index contributed by atoms with van der Waals surface area (Å²) in [6, 6.07) is 13.2. The zero-order valence-corrected chi connectivity index (χ0v) is 10.3. The van der Waals surface area contributed by atoms with Crippen molar-refractivity contribution in [1.82, 2.24) is 0 Å². The van der Waals surface area contributed by atoms with Crippen LogP contribution in [0.3, 0.4) is 0 Å². The van der Waals surface area contributed by atoms with Crippen LogP contribution in [0.1, 0.15) is 11.1 Å². The Bertz CT molecular complexity index is 488. The van der Waals surface area contributed by atoms with Crippen LogP contribution in [0.2, 0.25) is 5.02 Å². The van der Waals surface area contributed by atoms with E-state index in [2.05, 4.69) is 5.32 Å². The maximum Gasteiger partial charge on any atom is 0.122 e. The number of hydrogen-bond donors (Lipinski definition) is 2. The highest BCUT2D eigenvalue weighted by Gasteiger charge is 2.05. The lowest BCUT2D eigenvalue weighted by Gasteiger charge is -2.09. The minimum atomic E-state index is 0.220. The summed E-state index contributed by atoms with van der Waals surface area (Å²) in [6.07, 6.45) is 0. The van der Waals surface area contributed by atoms with Crippen LogP contribution in [-0.2, 0) is 6.54 Å². The standard InChI is InChI=1S/C14H14ClNO/c1-10-5-7-11(8-6-10)16-9-12-13(15)3-2-4-14(12)17/h2-8,16-17H,9H2,1H3. The molecule has 0 spiro atoms. The molecule has 2 N–H and O–H groups in total. The van der Waals surface area contributed by atoms with Gasteiger partial charge < -0.3 is 10.4 Å². The molecule has 0 saturated heterocycles. The van der Waals surface area contributed by atoms with Gasteiger partial charge in [-0.3, -0.25) is 0 Å². The molecule has 2 nitrogen and oxygen atoms in total. The van der Waals surface area contributed by atoms with E-state index in [1.807, 2.05) is 31.2 Å². The summed E-state index contributed by atoms with van der Waals surface area (Å²) in [6.45, 7) is 2.55. The van der Waals surface area contributed by atoms with Gasteiger partial charge in [0.2, 0.25) is 0 Å². The predicted octanol–water partition coefficient (Wildman–Crippen LogP) is 3.97. The minimum absolute atomic E-state index is 0.220. The quantitative estimate of drug-likeness (QED) is 0.860. The Morgan fingerprint density at radius 2 is 1.82 bits per heavy atom. The molecule has 2 aromatic rings. The first-order valence-corrected chi connectivity index (χ1v) is 5.81. The molecular formula is C14H14ClNO. The Kier molecular flexibility index (Phi) is 3.55. The third-order valence-electron chi connectivity index (χ3n) is 2.61. The fourth-order valence-corrected chi connectivity index (χ4v) is 1.82. The first-order chi connectivity index (χ1) is 8.16. The lowest BCUT2D eigenvalue weighted by molar-refractivity contribution is 0.469. The molecule has 0 unspecified atom stereocenters. The Balaban J connectivity index is 2.10. The molecule has 3 heteroatoms. The van der Waals surface area contributed by atoms with Crippen LogP contribution in [0.5, 0.6) is 5.75 Å². The summed E-state index contributed by atoms with van der Waals surface area (Å²) in [5.41, 5.74) is 2.95. The van der Waals surface area contributed by atoms with Crippen molar-refractivity contribution in [3.63, 3.8) is 0 Å². The molecule has 0 aliphatic carbocycles. The second-order valence-electron chi connectivity index (χ2n) is 3.96. The summed E-state index contributed by atoms with van der Waals surface area (Å²) in [5, 5.41) is 13.5. The third-order valence-corrected chi connectivity index (χ3v) is 2.97. The van der Waals surface area contributed by atoms with Crippen LogP contribution in [0.4, 0.5) is 5.69 Å². The molecule has 0 radical (unpaired) electrons. The van der Waals surface area contributed by atoms with E-state index in [-0.39, 0.29) is 5.75 Å². The summed E-state index contributed by atoms with van der Waals surface area (Å²) in [7, 11) is 0. The van der Waals surface area contributed by atoms with Gasteiger partial charge in [-0.25, -0.2) is 0 Å². The number of anilines is 1. The number of nitrogens with one attached hydrogen (secondary N) is 1. The lowest BCUT2D eigenvalue weighted by atomic mass is 10.2. The van der Waals surface area contributed by atoms with Crippen molar-refractivity contribution in [2.75, 3.05) is 5.32 Å². The van der Waals surface area contributed by atoms with E-state index in [9.17, 15) is 5.11 Å². The van der Waals surface area contributed by atoms with Gasteiger partial charge in [0.1, 0.15) is 5.75 Å². The number of aromatic hydroxyl groups is 1. The smallest absolute Gasteiger partial charge is 0.122 e. The van der Waals surface area contributed by atoms with Crippen LogP contribution < -0.4 is 5.32 Å². The molecule has 0 aliphatic rings. The van der Waals surface area contributed by atoms with Crippen molar-refractivity contribution >= 4 is 17.3 Å². The van der Waals surface area contributed by atoms with Gasteiger partial charge in [-0.1, -0.05) is 35.4 Å². The highest BCUT2D eigenvalue weighted by Crippen LogP contribution is 2.26. The first-order valence-electron chi connectivity index (χ1n) is 5.44. The van der Waals surface area contributed by atoms with Gasteiger partial charge in [0.05, 0.1) is 0 Å². The molecular weight excluding hydrogens is 234 g/mol. The van der Waals surface area contributed by atoms with E-state index in [1.54, 1.807) is 18.2 Å².